The predicted octanol–water partition coefficient (Wildman–Crippen LogP) is 4.28. The van der Waals surface area contributed by atoms with Gasteiger partial charge >= 0.3 is 0 Å². The predicted molar refractivity (Wildman–Crippen MR) is 95.9 cm³/mol. The first-order chi connectivity index (χ1) is 9.75. The zero-order valence-electron chi connectivity index (χ0n) is 11.4. The zero-order valence-corrected chi connectivity index (χ0v) is 13.8. The lowest BCUT2D eigenvalue weighted by atomic mass is 10.2. The minimum absolute atomic E-state index is 0.691. The van der Waals surface area contributed by atoms with Crippen molar-refractivity contribution in [3.8, 4) is 0 Å². The number of hydrogen-bond acceptors (Lipinski definition) is 3. The van der Waals surface area contributed by atoms with Crippen LogP contribution in [0.5, 0.6) is 0 Å². The maximum absolute atomic E-state index is 5.30. The number of benzene rings is 1. The second-order valence-corrected chi connectivity index (χ2v) is 6.87. The van der Waals surface area contributed by atoms with Crippen LogP contribution in [-0.2, 0) is 5.75 Å². The molecular formula is C15H18N2S3. The normalized spacial score (nSPS) is 10.2. The van der Waals surface area contributed by atoms with Crippen molar-refractivity contribution >= 4 is 46.1 Å². The molecule has 0 saturated carbocycles. The minimum atomic E-state index is 0.691. The highest BCUT2D eigenvalue weighted by Crippen LogP contribution is 2.16. The lowest BCUT2D eigenvalue weighted by molar-refractivity contribution is 0.989. The number of thiocarbonyl (C=S) groups is 1. The molecule has 0 unspecified atom stereocenters. The highest BCUT2D eigenvalue weighted by molar-refractivity contribution is 7.98. The van der Waals surface area contributed by atoms with Gasteiger partial charge in [-0.05, 0) is 42.2 Å². The summed E-state index contributed by atoms with van der Waals surface area (Å²) in [6.07, 6.45) is 0. The van der Waals surface area contributed by atoms with Crippen LogP contribution in [0.15, 0.2) is 41.8 Å². The summed E-state index contributed by atoms with van der Waals surface area (Å²) < 4.78 is 0. The van der Waals surface area contributed by atoms with Crippen LogP contribution in [0, 0.1) is 6.92 Å². The molecule has 0 bridgehead atoms. The van der Waals surface area contributed by atoms with E-state index in [0.717, 1.165) is 23.7 Å². The first-order valence-corrected chi connectivity index (χ1v) is 8.90. The van der Waals surface area contributed by atoms with Crippen LogP contribution in [0.3, 0.4) is 0 Å². The van der Waals surface area contributed by atoms with Gasteiger partial charge in [-0.15, -0.1) is 11.3 Å². The molecule has 1 aromatic heterocycles. The van der Waals surface area contributed by atoms with Crippen LogP contribution >= 0.6 is 35.3 Å². The van der Waals surface area contributed by atoms with E-state index in [1.165, 1.54) is 10.4 Å². The fraction of sp³-hybridized carbons (Fsp3) is 0.267. The summed E-state index contributed by atoms with van der Waals surface area (Å²) in [4.78, 5) is 1.43. The van der Waals surface area contributed by atoms with Gasteiger partial charge in [0.05, 0.1) is 0 Å². The molecule has 0 saturated heterocycles. The van der Waals surface area contributed by atoms with Gasteiger partial charge < -0.3 is 10.6 Å². The lowest BCUT2D eigenvalue weighted by Crippen LogP contribution is -2.30. The molecule has 2 aromatic rings. The summed E-state index contributed by atoms with van der Waals surface area (Å²) in [6.45, 7) is 2.95. The minimum Gasteiger partial charge on any atom is -0.362 e. The Morgan fingerprint density at radius 1 is 1.25 bits per heavy atom. The quantitative estimate of drug-likeness (QED) is 0.612. The van der Waals surface area contributed by atoms with E-state index < -0.39 is 0 Å². The molecule has 0 atom stereocenters. The van der Waals surface area contributed by atoms with Crippen molar-refractivity contribution < 1.29 is 0 Å². The average molecular weight is 323 g/mol. The van der Waals surface area contributed by atoms with Crippen molar-refractivity contribution in [1.29, 1.82) is 0 Å². The fourth-order valence-electron chi connectivity index (χ4n) is 1.68. The molecule has 0 amide bonds. The van der Waals surface area contributed by atoms with Crippen molar-refractivity contribution in [3.63, 3.8) is 0 Å². The molecular weight excluding hydrogens is 304 g/mol. The molecule has 0 aliphatic carbocycles. The van der Waals surface area contributed by atoms with Crippen molar-refractivity contribution in [2.75, 3.05) is 17.6 Å². The average Bonchev–Trinajstić information content (AvgIpc) is 2.94. The standard InChI is InChI=1S/C15H18N2S3/c1-12-5-2-3-7-14(12)17-15(18)16-8-10-19-11-13-6-4-9-20-13/h2-7,9H,8,10-11H2,1H3,(H2,16,17,18). The summed E-state index contributed by atoms with van der Waals surface area (Å²) >= 11 is 9.03. The molecule has 0 spiro atoms. The number of nitrogens with one attached hydrogen (secondary N) is 2. The van der Waals surface area contributed by atoms with Crippen molar-refractivity contribution in [2.24, 2.45) is 0 Å². The Morgan fingerprint density at radius 2 is 2.10 bits per heavy atom. The van der Waals surface area contributed by atoms with Crippen LogP contribution in [0.4, 0.5) is 5.69 Å². The number of rotatable bonds is 6. The maximum atomic E-state index is 5.30. The molecule has 0 aliphatic heterocycles. The second kappa shape index (κ2) is 8.29. The lowest BCUT2D eigenvalue weighted by Gasteiger charge is -2.12. The Bertz CT molecular complexity index is 538. The number of thioether (sulfide) groups is 1. The van der Waals surface area contributed by atoms with E-state index >= 15 is 0 Å². The highest BCUT2D eigenvalue weighted by atomic mass is 32.2. The van der Waals surface area contributed by atoms with E-state index in [1.54, 1.807) is 0 Å². The molecule has 5 heteroatoms. The first kappa shape index (κ1) is 15.4. The zero-order chi connectivity index (χ0) is 14.2. The molecule has 0 fully saturated rings. The monoisotopic (exact) mass is 322 g/mol. The largest absolute Gasteiger partial charge is 0.362 e. The van der Waals surface area contributed by atoms with E-state index in [1.807, 2.05) is 41.3 Å². The van der Waals surface area contributed by atoms with Crippen molar-refractivity contribution in [1.82, 2.24) is 5.32 Å². The summed E-state index contributed by atoms with van der Waals surface area (Å²) in [7, 11) is 0. The van der Waals surface area contributed by atoms with Crippen LogP contribution in [0.1, 0.15) is 10.4 Å². The molecule has 0 aliphatic rings. The summed E-state index contributed by atoms with van der Waals surface area (Å²) in [5.74, 6) is 2.13. The Kier molecular flexibility index (Phi) is 6.36. The molecule has 2 rings (SSSR count). The second-order valence-electron chi connectivity index (χ2n) is 4.33. The van der Waals surface area contributed by atoms with E-state index in [2.05, 4.69) is 41.1 Å². The van der Waals surface area contributed by atoms with Gasteiger partial charge in [0, 0.05) is 28.6 Å². The van der Waals surface area contributed by atoms with Crippen LogP contribution in [0.25, 0.3) is 0 Å². The van der Waals surface area contributed by atoms with Crippen LogP contribution in [-0.4, -0.2) is 17.4 Å². The van der Waals surface area contributed by atoms with Gasteiger partial charge in [-0.1, -0.05) is 24.3 Å². The molecule has 2 N–H and O–H groups in total. The van der Waals surface area contributed by atoms with Crippen LogP contribution < -0.4 is 10.6 Å². The van der Waals surface area contributed by atoms with Gasteiger partial charge in [0.25, 0.3) is 0 Å². The Morgan fingerprint density at radius 3 is 2.85 bits per heavy atom. The highest BCUT2D eigenvalue weighted by Gasteiger charge is 2.00. The molecule has 1 aromatic carbocycles. The van der Waals surface area contributed by atoms with E-state index in [4.69, 9.17) is 12.2 Å². The van der Waals surface area contributed by atoms with Gasteiger partial charge in [-0.2, -0.15) is 11.8 Å². The van der Waals surface area contributed by atoms with E-state index in [9.17, 15) is 0 Å². The maximum Gasteiger partial charge on any atom is 0.170 e. The summed E-state index contributed by atoms with van der Waals surface area (Å²) in [5.41, 5.74) is 2.26. The van der Waals surface area contributed by atoms with Gasteiger partial charge in [-0.3, -0.25) is 0 Å². The Labute approximate surface area is 134 Å². The van der Waals surface area contributed by atoms with Gasteiger partial charge in [0.2, 0.25) is 0 Å². The molecule has 0 radical (unpaired) electrons. The molecule has 2 nitrogen and oxygen atoms in total. The molecule has 20 heavy (non-hydrogen) atoms. The van der Waals surface area contributed by atoms with Gasteiger partial charge in [-0.25, -0.2) is 0 Å². The fourth-order valence-corrected chi connectivity index (χ4v) is 3.60. The topological polar surface area (TPSA) is 24.1 Å². The third-order valence-corrected chi connectivity index (χ3v) is 5.06. The van der Waals surface area contributed by atoms with E-state index in [-0.39, 0.29) is 0 Å². The van der Waals surface area contributed by atoms with E-state index in [0.29, 0.717) is 5.11 Å². The first-order valence-electron chi connectivity index (χ1n) is 6.46. The van der Waals surface area contributed by atoms with Gasteiger partial charge in [0.15, 0.2) is 5.11 Å². The SMILES string of the molecule is Cc1ccccc1NC(=S)NCCSCc1cccs1. The van der Waals surface area contributed by atoms with Gasteiger partial charge in [0.1, 0.15) is 0 Å². The van der Waals surface area contributed by atoms with Crippen molar-refractivity contribution in [2.45, 2.75) is 12.7 Å². The number of thiophene rings is 1. The Balaban J connectivity index is 1.62. The Hall–Kier alpha value is -1.04. The molecule has 106 valence electrons. The number of aryl methyl sites for hydroxylation is 1. The van der Waals surface area contributed by atoms with Crippen LogP contribution in [0.2, 0.25) is 0 Å². The third kappa shape index (κ3) is 5.15. The number of hydrogen-bond donors (Lipinski definition) is 2. The number of para-hydroxylation sites is 1. The summed E-state index contributed by atoms with van der Waals surface area (Å²) in [5, 5.41) is 9.28. The summed E-state index contributed by atoms with van der Waals surface area (Å²) in [6, 6.07) is 12.4. The third-order valence-electron chi connectivity index (χ3n) is 2.75. The van der Waals surface area contributed by atoms with Crippen molar-refractivity contribution in [3.05, 3.63) is 52.2 Å². The smallest absolute Gasteiger partial charge is 0.170 e. The number of anilines is 1. The molecule has 1 heterocycles.